The Kier molecular flexibility index (Phi) is 4.51. The van der Waals surface area contributed by atoms with Crippen molar-refractivity contribution < 1.29 is 14.3 Å². The molecule has 8 heteroatoms. The number of nitrogens with zero attached hydrogens (tertiary/aromatic N) is 2. The zero-order valence-corrected chi connectivity index (χ0v) is 13.9. The molecule has 116 valence electrons. The molecular weight excluding hydrogens is 373 g/mol. The fourth-order valence-corrected chi connectivity index (χ4v) is 3.44. The highest BCUT2D eigenvalue weighted by atomic mass is 79.9. The monoisotopic (exact) mass is 385 g/mol. The molecule has 1 aromatic carbocycles. The molecule has 1 saturated heterocycles. The smallest absolute Gasteiger partial charge is 0.286 e. The van der Waals surface area contributed by atoms with E-state index in [-0.39, 0.29) is 16.1 Å². The molecule has 1 fully saturated rings. The van der Waals surface area contributed by atoms with Crippen LogP contribution in [0.5, 0.6) is 5.75 Å². The summed E-state index contributed by atoms with van der Waals surface area (Å²) in [5.74, 6) is -1.13. The topological polar surface area (TPSA) is 64.9 Å². The molecule has 2 aliphatic rings. The van der Waals surface area contributed by atoms with Crippen LogP contribution in [-0.2, 0) is 4.79 Å². The molecule has 0 unspecified atom stereocenters. The molecule has 2 N–H and O–H groups in total. The summed E-state index contributed by atoms with van der Waals surface area (Å²) >= 11 is 4.31. The van der Waals surface area contributed by atoms with Gasteiger partial charge in [-0.15, -0.1) is 0 Å². The SMILES string of the molecule is O=C1N=C(N2CCCCN2)SC1=Cc1cc(Br)c(F)cc1O. The van der Waals surface area contributed by atoms with Gasteiger partial charge in [0.05, 0.1) is 9.38 Å². The van der Waals surface area contributed by atoms with Gasteiger partial charge in [-0.3, -0.25) is 9.80 Å². The molecular formula is C14H13BrFN3O2S. The van der Waals surface area contributed by atoms with Crippen LogP contribution in [0.1, 0.15) is 18.4 Å². The lowest BCUT2D eigenvalue weighted by molar-refractivity contribution is -0.113. The molecule has 0 radical (unpaired) electrons. The number of halogens is 2. The van der Waals surface area contributed by atoms with E-state index in [1.54, 1.807) is 0 Å². The first-order chi connectivity index (χ1) is 10.5. The Morgan fingerprint density at radius 3 is 3.00 bits per heavy atom. The number of phenolic OH excluding ortho intramolecular Hbond substituents is 1. The summed E-state index contributed by atoms with van der Waals surface area (Å²) in [6.07, 6.45) is 3.67. The molecule has 1 aromatic rings. The fraction of sp³-hybridized carbons (Fsp3) is 0.286. The van der Waals surface area contributed by atoms with Gasteiger partial charge in [0.25, 0.3) is 5.91 Å². The van der Waals surface area contributed by atoms with Gasteiger partial charge in [0.1, 0.15) is 11.6 Å². The number of amidine groups is 1. The van der Waals surface area contributed by atoms with Gasteiger partial charge >= 0.3 is 0 Å². The molecule has 22 heavy (non-hydrogen) atoms. The van der Waals surface area contributed by atoms with E-state index in [0.29, 0.717) is 15.6 Å². The number of amides is 1. The minimum absolute atomic E-state index is 0.217. The lowest BCUT2D eigenvalue weighted by Gasteiger charge is -2.28. The number of rotatable bonds is 1. The van der Waals surface area contributed by atoms with Crippen LogP contribution in [0.4, 0.5) is 4.39 Å². The molecule has 1 amide bonds. The first kappa shape index (κ1) is 15.5. The van der Waals surface area contributed by atoms with E-state index in [1.165, 1.54) is 23.9 Å². The second kappa shape index (κ2) is 6.39. The number of phenols is 1. The fourth-order valence-electron chi connectivity index (χ4n) is 2.17. The van der Waals surface area contributed by atoms with Gasteiger partial charge in [0.2, 0.25) is 0 Å². The average Bonchev–Trinajstić information content (AvgIpc) is 2.87. The lowest BCUT2D eigenvalue weighted by atomic mass is 10.2. The van der Waals surface area contributed by atoms with Crippen molar-refractivity contribution in [2.75, 3.05) is 13.1 Å². The van der Waals surface area contributed by atoms with Crippen molar-refractivity contribution in [2.45, 2.75) is 12.8 Å². The van der Waals surface area contributed by atoms with Crippen LogP contribution >= 0.6 is 27.7 Å². The summed E-state index contributed by atoms with van der Waals surface area (Å²) in [4.78, 5) is 16.4. The summed E-state index contributed by atoms with van der Waals surface area (Å²) in [5, 5.41) is 12.3. The summed E-state index contributed by atoms with van der Waals surface area (Å²) in [6.45, 7) is 1.66. The van der Waals surface area contributed by atoms with E-state index in [9.17, 15) is 14.3 Å². The average molecular weight is 386 g/mol. The number of aliphatic imine (C=N–C) groups is 1. The molecule has 3 rings (SSSR count). The third-order valence-corrected chi connectivity index (χ3v) is 4.92. The standard InChI is InChI=1S/C14H13BrFN3O2S/c15-9-5-8(11(20)7-10(9)16)6-12-13(21)18-14(22-12)19-4-2-1-3-17-19/h5-7,17,20H,1-4H2. The normalized spacial score (nSPS) is 20.6. The molecule has 0 saturated carbocycles. The largest absolute Gasteiger partial charge is 0.507 e. The molecule has 0 spiro atoms. The van der Waals surface area contributed by atoms with Gasteiger partial charge in [-0.25, -0.2) is 9.82 Å². The molecule has 0 atom stereocenters. The third-order valence-electron chi connectivity index (χ3n) is 3.31. The van der Waals surface area contributed by atoms with Crippen LogP contribution < -0.4 is 5.43 Å². The van der Waals surface area contributed by atoms with Gasteiger partial charge in [-0.2, -0.15) is 4.99 Å². The van der Waals surface area contributed by atoms with Crippen LogP contribution in [0, 0.1) is 5.82 Å². The summed E-state index contributed by atoms with van der Waals surface area (Å²) < 4.78 is 13.5. The molecule has 0 aromatic heterocycles. The van der Waals surface area contributed by atoms with Crippen LogP contribution in [0.15, 0.2) is 26.5 Å². The van der Waals surface area contributed by atoms with Crippen LogP contribution in [-0.4, -0.2) is 34.3 Å². The van der Waals surface area contributed by atoms with Gasteiger partial charge in [0.15, 0.2) is 5.17 Å². The number of carbonyl (C=O) groups excluding carboxylic acids is 1. The van der Waals surface area contributed by atoms with Gasteiger partial charge in [0, 0.05) is 24.7 Å². The van der Waals surface area contributed by atoms with Crippen LogP contribution in [0.25, 0.3) is 6.08 Å². The molecule has 2 heterocycles. The second-order valence-electron chi connectivity index (χ2n) is 4.90. The number of thioether (sulfide) groups is 1. The number of hydrogen-bond acceptors (Lipinski definition) is 5. The quantitative estimate of drug-likeness (QED) is 0.727. The third kappa shape index (κ3) is 3.18. The van der Waals surface area contributed by atoms with Crippen molar-refractivity contribution in [1.29, 1.82) is 0 Å². The maximum atomic E-state index is 13.3. The van der Waals surface area contributed by atoms with Gasteiger partial charge in [-0.1, -0.05) is 0 Å². The van der Waals surface area contributed by atoms with Gasteiger partial charge < -0.3 is 5.11 Å². The molecule has 0 bridgehead atoms. The number of nitrogens with one attached hydrogen (secondary N) is 1. The first-order valence-electron chi connectivity index (χ1n) is 6.76. The van der Waals surface area contributed by atoms with E-state index in [0.717, 1.165) is 32.0 Å². The van der Waals surface area contributed by atoms with E-state index in [1.807, 2.05) is 5.01 Å². The van der Waals surface area contributed by atoms with Crippen molar-refractivity contribution in [3.63, 3.8) is 0 Å². The summed E-state index contributed by atoms with van der Waals surface area (Å²) in [7, 11) is 0. The number of aromatic hydroxyl groups is 1. The van der Waals surface area contributed by atoms with Crippen LogP contribution in [0.3, 0.4) is 0 Å². The van der Waals surface area contributed by atoms with E-state index < -0.39 is 5.82 Å². The Labute approximate surface area is 139 Å². The second-order valence-corrected chi connectivity index (χ2v) is 6.77. The van der Waals surface area contributed by atoms with E-state index in [4.69, 9.17) is 0 Å². The van der Waals surface area contributed by atoms with E-state index >= 15 is 0 Å². The number of hydrogen-bond donors (Lipinski definition) is 2. The number of benzene rings is 1. The van der Waals surface area contributed by atoms with Crippen molar-refractivity contribution in [2.24, 2.45) is 4.99 Å². The minimum Gasteiger partial charge on any atom is -0.507 e. The highest BCUT2D eigenvalue weighted by Crippen LogP contribution is 2.33. The zero-order chi connectivity index (χ0) is 15.7. The van der Waals surface area contributed by atoms with Gasteiger partial charge in [-0.05, 0) is 52.7 Å². The van der Waals surface area contributed by atoms with Crippen molar-refractivity contribution in [3.8, 4) is 5.75 Å². The maximum Gasteiger partial charge on any atom is 0.286 e. The maximum absolute atomic E-state index is 13.3. The first-order valence-corrected chi connectivity index (χ1v) is 8.37. The lowest BCUT2D eigenvalue weighted by Crippen LogP contribution is -2.45. The minimum atomic E-state index is -0.556. The Morgan fingerprint density at radius 2 is 2.27 bits per heavy atom. The van der Waals surface area contributed by atoms with Crippen molar-refractivity contribution in [1.82, 2.24) is 10.4 Å². The Balaban J connectivity index is 1.82. The van der Waals surface area contributed by atoms with E-state index in [2.05, 4.69) is 26.3 Å². The zero-order valence-electron chi connectivity index (χ0n) is 11.5. The predicted molar refractivity (Wildman–Crippen MR) is 87.7 cm³/mol. The Bertz CT molecular complexity index is 687. The Morgan fingerprint density at radius 1 is 1.45 bits per heavy atom. The highest BCUT2D eigenvalue weighted by molar-refractivity contribution is 9.10. The number of carbonyl (C=O) groups is 1. The number of hydrazine groups is 1. The molecule has 0 aliphatic carbocycles. The molecule has 2 aliphatic heterocycles. The molecule has 5 nitrogen and oxygen atoms in total. The summed E-state index contributed by atoms with van der Waals surface area (Å²) in [6, 6.07) is 2.44. The summed E-state index contributed by atoms with van der Waals surface area (Å²) in [5.41, 5.74) is 3.56. The van der Waals surface area contributed by atoms with Crippen molar-refractivity contribution in [3.05, 3.63) is 32.9 Å². The predicted octanol–water partition coefficient (Wildman–Crippen LogP) is 2.86. The highest BCUT2D eigenvalue weighted by Gasteiger charge is 2.27. The van der Waals surface area contributed by atoms with Crippen LogP contribution in [0.2, 0.25) is 0 Å². The Hall–Kier alpha value is -1.38. The van der Waals surface area contributed by atoms with Crippen molar-refractivity contribution >= 4 is 44.8 Å².